The number of rotatable bonds is 2. The Kier molecular flexibility index (Phi) is 2.73. The molecule has 0 aromatic carbocycles. The van der Waals surface area contributed by atoms with Crippen molar-refractivity contribution < 1.29 is 0 Å². The average molecular weight is 136 g/mol. The van der Waals surface area contributed by atoms with Crippen LogP contribution >= 0.6 is 0 Å². The smallest absolute Gasteiger partial charge is 0.0228 e. The number of allylic oxidation sites excluding steroid dienone is 3. The van der Waals surface area contributed by atoms with Crippen LogP contribution in [0.4, 0.5) is 0 Å². The van der Waals surface area contributed by atoms with Crippen molar-refractivity contribution in [3.05, 3.63) is 24.3 Å². The predicted molar refractivity (Wildman–Crippen MR) is 45.9 cm³/mol. The first-order chi connectivity index (χ1) is 4.83. The maximum Gasteiger partial charge on any atom is -0.0228 e. The second kappa shape index (κ2) is 3.60. The lowest BCUT2D eigenvalue weighted by Gasteiger charge is -2.00. The van der Waals surface area contributed by atoms with E-state index in [1.54, 1.807) is 0 Å². The summed E-state index contributed by atoms with van der Waals surface area (Å²) in [6.45, 7) is 5.86. The molecule has 0 N–H and O–H groups in total. The van der Waals surface area contributed by atoms with Gasteiger partial charge in [0.2, 0.25) is 0 Å². The van der Waals surface area contributed by atoms with Crippen LogP contribution in [-0.4, -0.2) is 0 Å². The molecule has 0 saturated heterocycles. The summed E-state index contributed by atoms with van der Waals surface area (Å²) in [6, 6.07) is 0. The standard InChI is InChI=1S/C10H16/c1-3-9(2)8-10-6-4-5-7-10/h3,8,10H,1,4-7H2,2H3/b9-8+. The van der Waals surface area contributed by atoms with Crippen LogP contribution in [-0.2, 0) is 0 Å². The minimum atomic E-state index is 0.859. The van der Waals surface area contributed by atoms with Crippen LogP contribution in [0.15, 0.2) is 24.3 Å². The molecule has 0 bridgehead atoms. The fraction of sp³-hybridized carbons (Fsp3) is 0.600. The fourth-order valence-corrected chi connectivity index (χ4v) is 1.56. The van der Waals surface area contributed by atoms with E-state index in [-0.39, 0.29) is 0 Å². The van der Waals surface area contributed by atoms with E-state index in [0.29, 0.717) is 0 Å². The van der Waals surface area contributed by atoms with E-state index in [1.165, 1.54) is 31.3 Å². The van der Waals surface area contributed by atoms with Crippen molar-refractivity contribution in [1.82, 2.24) is 0 Å². The van der Waals surface area contributed by atoms with Gasteiger partial charge in [-0.2, -0.15) is 0 Å². The average Bonchev–Trinajstić information content (AvgIpc) is 2.40. The second-order valence-electron chi connectivity index (χ2n) is 3.16. The van der Waals surface area contributed by atoms with Crippen LogP contribution in [0.25, 0.3) is 0 Å². The zero-order chi connectivity index (χ0) is 7.40. The van der Waals surface area contributed by atoms with Crippen molar-refractivity contribution in [1.29, 1.82) is 0 Å². The first kappa shape index (κ1) is 7.59. The zero-order valence-corrected chi connectivity index (χ0v) is 6.77. The van der Waals surface area contributed by atoms with Crippen molar-refractivity contribution in [3.63, 3.8) is 0 Å². The van der Waals surface area contributed by atoms with Crippen LogP contribution in [0.5, 0.6) is 0 Å². The summed E-state index contributed by atoms with van der Waals surface area (Å²) in [5.41, 5.74) is 1.34. The van der Waals surface area contributed by atoms with E-state index in [4.69, 9.17) is 0 Å². The van der Waals surface area contributed by atoms with Gasteiger partial charge in [-0.15, -0.1) is 0 Å². The summed E-state index contributed by atoms with van der Waals surface area (Å²) in [5, 5.41) is 0. The quantitative estimate of drug-likeness (QED) is 0.511. The van der Waals surface area contributed by atoms with E-state index < -0.39 is 0 Å². The van der Waals surface area contributed by atoms with Gasteiger partial charge in [-0.25, -0.2) is 0 Å². The first-order valence-corrected chi connectivity index (χ1v) is 4.14. The molecule has 1 saturated carbocycles. The van der Waals surface area contributed by atoms with Crippen molar-refractivity contribution >= 4 is 0 Å². The lowest BCUT2D eigenvalue weighted by molar-refractivity contribution is 0.682. The number of hydrogen-bond donors (Lipinski definition) is 0. The highest BCUT2D eigenvalue weighted by atomic mass is 14.2. The largest absolute Gasteiger partial charge is 0.0988 e. The summed E-state index contributed by atoms with van der Waals surface area (Å²) in [7, 11) is 0. The van der Waals surface area contributed by atoms with Crippen molar-refractivity contribution in [2.45, 2.75) is 32.6 Å². The molecule has 1 rings (SSSR count). The molecule has 0 amide bonds. The highest BCUT2D eigenvalue weighted by molar-refractivity contribution is 5.14. The minimum absolute atomic E-state index is 0.859. The topological polar surface area (TPSA) is 0 Å². The van der Waals surface area contributed by atoms with Crippen molar-refractivity contribution in [3.8, 4) is 0 Å². The maximum atomic E-state index is 3.73. The van der Waals surface area contributed by atoms with Crippen LogP contribution in [0.1, 0.15) is 32.6 Å². The summed E-state index contributed by atoms with van der Waals surface area (Å²) >= 11 is 0. The Morgan fingerprint density at radius 2 is 2.00 bits per heavy atom. The van der Waals surface area contributed by atoms with Crippen molar-refractivity contribution in [2.75, 3.05) is 0 Å². The lowest BCUT2D eigenvalue weighted by atomic mass is 10.1. The number of hydrogen-bond acceptors (Lipinski definition) is 0. The van der Waals surface area contributed by atoms with Crippen molar-refractivity contribution in [2.24, 2.45) is 5.92 Å². The Hall–Kier alpha value is -0.520. The van der Waals surface area contributed by atoms with Gasteiger partial charge >= 0.3 is 0 Å². The Morgan fingerprint density at radius 3 is 2.50 bits per heavy atom. The van der Waals surface area contributed by atoms with Crippen LogP contribution in [0.3, 0.4) is 0 Å². The first-order valence-electron chi connectivity index (χ1n) is 4.14. The molecular weight excluding hydrogens is 120 g/mol. The summed E-state index contributed by atoms with van der Waals surface area (Å²) in [4.78, 5) is 0. The summed E-state index contributed by atoms with van der Waals surface area (Å²) < 4.78 is 0. The Morgan fingerprint density at radius 1 is 1.40 bits per heavy atom. The lowest BCUT2D eigenvalue weighted by Crippen LogP contribution is -1.86. The summed E-state index contributed by atoms with van der Waals surface area (Å²) in [6.07, 6.45) is 9.94. The predicted octanol–water partition coefficient (Wildman–Crippen LogP) is 3.31. The third-order valence-corrected chi connectivity index (χ3v) is 2.22. The molecule has 0 nitrogen and oxygen atoms in total. The van der Waals surface area contributed by atoms with Gasteiger partial charge in [0.25, 0.3) is 0 Å². The Balaban J connectivity index is 2.42. The molecule has 0 aromatic rings. The maximum absolute atomic E-state index is 3.73. The highest BCUT2D eigenvalue weighted by Crippen LogP contribution is 2.26. The summed E-state index contributed by atoms with van der Waals surface area (Å²) in [5.74, 6) is 0.859. The van der Waals surface area contributed by atoms with Gasteiger partial charge < -0.3 is 0 Å². The molecule has 0 radical (unpaired) electrons. The van der Waals surface area contributed by atoms with Crippen LogP contribution in [0.2, 0.25) is 0 Å². The van der Waals surface area contributed by atoms with Gasteiger partial charge in [0.1, 0.15) is 0 Å². The van der Waals surface area contributed by atoms with E-state index in [9.17, 15) is 0 Å². The molecule has 56 valence electrons. The normalized spacial score (nSPS) is 21.5. The van der Waals surface area contributed by atoms with E-state index in [0.717, 1.165) is 5.92 Å². The molecule has 1 aliphatic rings. The molecule has 0 unspecified atom stereocenters. The van der Waals surface area contributed by atoms with Gasteiger partial charge in [-0.1, -0.05) is 37.1 Å². The van der Waals surface area contributed by atoms with Gasteiger partial charge in [0.05, 0.1) is 0 Å². The molecular formula is C10H16. The van der Waals surface area contributed by atoms with Gasteiger partial charge in [0.15, 0.2) is 0 Å². The molecule has 10 heavy (non-hydrogen) atoms. The van der Waals surface area contributed by atoms with Gasteiger partial charge in [0, 0.05) is 0 Å². The molecule has 1 fully saturated rings. The molecule has 0 spiro atoms. The molecule has 0 heterocycles. The third kappa shape index (κ3) is 2.02. The molecule has 1 aliphatic carbocycles. The third-order valence-electron chi connectivity index (χ3n) is 2.22. The second-order valence-corrected chi connectivity index (χ2v) is 3.16. The van der Waals surface area contributed by atoms with Crippen LogP contribution in [0, 0.1) is 5.92 Å². The molecule has 0 aliphatic heterocycles. The Labute approximate surface area is 63.6 Å². The fourth-order valence-electron chi connectivity index (χ4n) is 1.56. The minimum Gasteiger partial charge on any atom is -0.0988 e. The zero-order valence-electron chi connectivity index (χ0n) is 6.77. The van der Waals surface area contributed by atoms with E-state index in [1.807, 2.05) is 6.08 Å². The molecule has 0 heteroatoms. The van der Waals surface area contributed by atoms with E-state index >= 15 is 0 Å². The molecule has 0 atom stereocenters. The van der Waals surface area contributed by atoms with Gasteiger partial charge in [-0.3, -0.25) is 0 Å². The highest BCUT2D eigenvalue weighted by Gasteiger charge is 2.11. The Bertz CT molecular complexity index is 136. The van der Waals surface area contributed by atoms with Gasteiger partial charge in [-0.05, 0) is 25.7 Å². The SMILES string of the molecule is C=C/C(C)=C/C1CCCC1. The molecule has 0 aromatic heterocycles. The van der Waals surface area contributed by atoms with Crippen LogP contribution < -0.4 is 0 Å². The van der Waals surface area contributed by atoms with E-state index in [2.05, 4.69) is 19.6 Å². The monoisotopic (exact) mass is 136 g/mol.